The van der Waals surface area contributed by atoms with Crippen molar-refractivity contribution in [3.63, 3.8) is 0 Å². The molecule has 5 aromatic rings. The number of pyridine rings is 1. The number of alkyl halides is 8. The third kappa shape index (κ3) is 11.3. The molecule has 3 atom stereocenters. The first kappa shape index (κ1) is 56.7. The number of amides is 3. The monoisotopic (exact) mass is 1160 g/mol. The zero-order valence-electron chi connectivity index (χ0n) is 42.0. The van der Waals surface area contributed by atoms with Gasteiger partial charge >= 0.3 is 18.4 Å². The van der Waals surface area contributed by atoms with Crippen LogP contribution in [0.5, 0.6) is 0 Å². The van der Waals surface area contributed by atoms with Crippen LogP contribution in [0.25, 0.3) is 22.0 Å². The standard InChI is InChI=1S/C50H50ClF10N9O6S2/c1-47(2,77(3,73)74)15-12-30-8-9-32(41(62-30)37(22-27-20-28(52)23-29(53)21-27)63-38(71)25-68-44-39(43(64-68)50(59,60)61)34-24-35(34)49(44,57)58)33-10-11-36(51)40-42(33)69(26-48(54,55)56)65-45(40)70(78(4,75)76)46(72)67-18-13-31(14-19-67)66-16-6-5-7-17-66/h8-11,20-21,23,31,34-35,37H,5-7,13-14,16-19,22,24-26H2,1-4H3,(H,63,71)/t34-,35+,37?/m0/s1. The quantitative estimate of drug-likeness (QED) is 0.0938. The molecule has 1 saturated carbocycles. The van der Waals surface area contributed by atoms with Crippen LogP contribution in [-0.2, 0) is 56.3 Å². The fourth-order valence-electron chi connectivity index (χ4n) is 10.6. The minimum absolute atomic E-state index is 0.0793. The number of sulfone groups is 1. The van der Waals surface area contributed by atoms with Gasteiger partial charge in [-0.2, -0.15) is 49.6 Å². The second kappa shape index (κ2) is 20.3. The molecule has 3 aromatic heterocycles. The molecule has 3 amide bonds. The molecule has 9 rings (SSSR count). The van der Waals surface area contributed by atoms with Gasteiger partial charge in [0.15, 0.2) is 21.3 Å². The van der Waals surface area contributed by atoms with E-state index in [1.165, 1.54) is 36.9 Å². The first-order chi connectivity index (χ1) is 36.2. The Labute approximate surface area is 446 Å². The van der Waals surface area contributed by atoms with Gasteiger partial charge in [0.1, 0.15) is 40.9 Å². The topological polar surface area (TPSA) is 173 Å². The van der Waals surface area contributed by atoms with Crippen molar-refractivity contribution in [3.05, 3.63) is 93.0 Å². The van der Waals surface area contributed by atoms with Crippen molar-refractivity contribution in [2.45, 2.75) is 113 Å². The van der Waals surface area contributed by atoms with Crippen LogP contribution >= 0.6 is 11.6 Å². The second-order valence-electron chi connectivity index (χ2n) is 20.6. The molecule has 0 bridgehead atoms. The molecule has 78 heavy (non-hydrogen) atoms. The Bertz CT molecular complexity index is 3510. The van der Waals surface area contributed by atoms with Gasteiger partial charge < -0.3 is 15.1 Å². The summed E-state index contributed by atoms with van der Waals surface area (Å²) in [6.07, 6.45) is -5.73. The number of sulfonamides is 1. The van der Waals surface area contributed by atoms with E-state index in [2.05, 4.69) is 37.2 Å². The van der Waals surface area contributed by atoms with Gasteiger partial charge in [0.25, 0.3) is 5.92 Å². The highest BCUT2D eigenvalue weighted by atomic mass is 35.5. The normalized spacial score (nSPS) is 19.5. The van der Waals surface area contributed by atoms with Gasteiger partial charge in [-0.3, -0.25) is 14.2 Å². The second-order valence-corrected chi connectivity index (χ2v) is 25.4. The van der Waals surface area contributed by atoms with Crippen molar-refractivity contribution in [1.29, 1.82) is 0 Å². The lowest BCUT2D eigenvalue weighted by Crippen LogP contribution is -2.52. The Balaban J connectivity index is 1.22. The lowest BCUT2D eigenvalue weighted by Gasteiger charge is -2.40. The number of benzene rings is 2. The summed E-state index contributed by atoms with van der Waals surface area (Å²) < 4.78 is 201. The molecule has 15 nitrogen and oxygen atoms in total. The van der Waals surface area contributed by atoms with Gasteiger partial charge in [0.05, 0.1) is 33.9 Å². The number of piperidine rings is 2. The van der Waals surface area contributed by atoms with Crippen LogP contribution < -0.4 is 9.62 Å². The zero-order valence-corrected chi connectivity index (χ0v) is 44.4. The molecule has 1 N–H and O–H groups in total. The van der Waals surface area contributed by atoms with Gasteiger partial charge in [-0.25, -0.2) is 35.4 Å². The molecule has 0 spiro atoms. The summed E-state index contributed by atoms with van der Waals surface area (Å²) in [5.41, 5.74) is -5.58. The molecular weight excluding hydrogens is 1110 g/mol. The smallest absolute Gasteiger partial charge is 0.346 e. The summed E-state index contributed by atoms with van der Waals surface area (Å²) in [4.78, 5) is 37.0. The molecule has 2 aliphatic heterocycles. The molecule has 1 unspecified atom stereocenters. The number of halogens is 11. The molecule has 28 heteroatoms. The number of urea groups is 1. The Kier molecular flexibility index (Phi) is 14.8. The predicted octanol–water partition coefficient (Wildman–Crippen LogP) is 9.13. The van der Waals surface area contributed by atoms with E-state index in [1.54, 1.807) is 0 Å². The zero-order chi connectivity index (χ0) is 56.8. The van der Waals surface area contributed by atoms with Crippen LogP contribution in [0.2, 0.25) is 5.02 Å². The van der Waals surface area contributed by atoms with Crippen molar-refractivity contribution in [2.75, 3.05) is 43.0 Å². The Morgan fingerprint density at radius 2 is 1.53 bits per heavy atom. The Hall–Kier alpha value is -5.98. The van der Waals surface area contributed by atoms with Crippen molar-refractivity contribution in [2.24, 2.45) is 5.92 Å². The highest BCUT2D eigenvalue weighted by molar-refractivity contribution is 7.93. The summed E-state index contributed by atoms with van der Waals surface area (Å²) in [5.74, 6) is -5.72. The number of fused-ring (bicyclic) bond motifs is 4. The number of nitrogens with one attached hydrogen (secondary N) is 1. The minimum Gasteiger partial charge on any atom is -0.346 e. The number of likely N-dealkylation sites (tertiary alicyclic amines) is 2. The average molecular weight is 1160 g/mol. The van der Waals surface area contributed by atoms with Crippen molar-refractivity contribution in [3.8, 4) is 23.0 Å². The number of nitrogens with zero attached hydrogens (tertiary/aromatic N) is 8. The van der Waals surface area contributed by atoms with E-state index in [9.17, 15) is 61.5 Å². The van der Waals surface area contributed by atoms with Crippen LogP contribution in [-0.4, -0.2) is 119 Å². The number of rotatable bonds is 12. The third-order valence-corrected chi connectivity index (χ3v) is 17.9. The summed E-state index contributed by atoms with van der Waals surface area (Å²) in [6.45, 7) is 1.17. The maximum Gasteiger partial charge on any atom is 0.435 e. The van der Waals surface area contributed by atoms with Gasteiger partial charge in [0.2, 0.25) is 15.9 Å². The van der Waals surface area contributed by atoms with Crippen molar-refractivity contribution in [1.82, 2.24) is 39.7 Å². The van der Waals surface area contributed by atoms with Crippen LogP contribution in [0.4, 0.5) is 54.5 Å². The molecule has 4 aliphatic rings. The number of hydrogen-bond acceptors (Lipinski definition) is 10. The van der Waals surface area contributed by atoms with E-state index < -0.39 is 148 Å². The molecule has 2 aromatic carbocycles. The molecule has 2 saturated heterocycles. The third-order valence-electron chi connectivity index (χ3n) is 14.6. The summed E-state index contributed by atoms with van der Waals surface area (Å²) in [6, 6.07) is 4.05. The van der Waals surface area contributed by atoms with E-state index in [4.69, 9.17) is 11.6 Å². The number of carbonyl (C=O) groups is 2. The first-order valence-corrected chi connectivity index (χ1v) is 28.7. The van der Waals surface area contributed by atoms with Crippen LogP contribution in [0.1, 0.15) is 98.2 Å². The molecule has 3 fully saturated rings. The number of hydrogen-bond donors (Lipinski definition) is 1. The molecular formula is C50H50ClF10N9O6S2. The van der Waals surface area contributed by atoms with E-state index >= 15 is 8.78 Å². The Morgan fingerprint density at radius 3 is 2.13 bits per heavy atom. The highest BCUT2D eigenvalue weighted by Crippen LogP contribution is 2.68. The van der Waals surface area contributed by atoms with Gasteiger partial charge in [0, 0.05) is 54.1 Å². The Morgan fingerprint density at radius 1 is 0.885 bits per heavy atom. The summed E-state index contributed by atoms with van der Waals surface area (Å²) in [5, 5.41) is 9.10. The fourth-order valence-corrected chi connectivity index (χ4v) is 11.9. The van der Waals surface area contributed by atoms with Crippen molar-refractivity contribution >= 4 is 60.1 Å². The molecule has 5 heterocycles. The van der Waals surface area contributed by atoms with Gasteiger partial charge in [-0.05, 0) is 113 Å². The molecule has 0 radical (unpaired) electrons. The molecule has 2 aliphatic carbocycles. The summed E-state index contributed by atoms with van der Waals surface area (Å²) >= 11 is 6.80. The van der Waals surface area contributed by atoms with Crippen LogP contribution in [0.15, 0.2) is 42.5 Å². The number of aromatic nitrogens is 5. The van der Waals surface area contributed by atoms with Crippen LogP contribution in [0.3, 0.4) is 0 Å². The van der Waals surface area contributed by atoms with E-state index in [1.807, 2.05) is 0 Å². The SMILES string of the molecule is CC(C)(C#Cc1ccc(-c2ccc(Cl)c3c(N(C(=O)N4CCC(N5CCCCC5)CC4)S(C)(=O)=O)nn(CC(F)(F)F)c23)c(C(Cc2cc(F)cc(F)c2)NC(=O)Cn2nc(C(F)(F)F)c3c2C(F)(F)[C@@H]2C[C@H]32)n1)S(C)(=O)=O. The lowest BCUT2D eigenvalue weighted by molar-refractivity contribution is -0.143. The van der Waals surface area contributed by atoms with E-state index in [-0.39, 0.29) is 56.9 Å². The lowest BCUT2D eigenvalue weighted by atomic mass is 9.93. The fraction of sp³-hybridized carbons (Fsp3) is 0.500. The first-order valence-electron chi connectivity index (χ1n) is 24.6. The average Bonchev–Trinajstić information content (AvgIpc) is 4.06. The maximum atomic E-state index is 15.7. The summed E-state index contributed by atoms with van der Waals surface area (Å²) in [7, 11) is -8.65. The number of anilines is 1. The number of carbonyl (C=O) groups excluding carboxylic acids is 2. The predicted molar refractivity (Wildman–Crippen MR) is 265 cm³/mol. The van der Waals surface area contributed by atoms with Gasteiger partial charge in [-0.15, -0.1) is 0 Å². The largest absolute Gasteiger partial charge is 0.435 e. The minimum atomic E-state index is -5.22. The van der Waals surface area contributed by atoms with Crippen LogP contribution in [0, 0.1) is 29.4 Å². The highest BCUT2D eigenvalue weighted by Gasteiger charge is 2.68. The van der Waals surface area contributed by atoms with Gasteiger partial charge in [-0.1, -0.05) is 30.0 Å². The molecule has 420 valence electrons. The van der Waals surface area contributed by atoms with E-state index in [0.717, 1.165) is 56.8 Å². The van der Waals surface area contributed by atoms with Crippen molar-refractivity contribution < 1.29 is 70.3 Å². The van der Waals surface area contributed by atoms with E-state index in [0.29, 0.717) is 29.8 Å². The maximum absolute atomic E-state index is 15.7.